The largest absolute Gasteiger partial charge is 0.497 e. The Kier molecular flexibility index (Phi) is 4.02. The van der Waals surface area contributed by atoms with Crippen LogP contribution in [-0.4, -0.2) is 41.2 Å². The molecule has 0 amide bonds. The standard InChI is InChI=1S/C16H21N3O/c1-20-16-4-2-14(3-5-16)6-9-18-10-7-15(12-18)19-11-8-17-13-19/h2-5,8,11,13,15H,6-7,9-10,12H2,1H3. The van der Waals surface area contributed by atoms with Crippen molar-refractivity contribution in [2.45, 2.75) is 18.9 Å². The Bertz CT molecular complexity index is 521. The molecule has 1 saturated heterocycles. The molecule has 3 rings (SSSR count). The van der Waals surface area contributed by atoms with E-state index in [9.17, 15) is 0 Å². The maximum absolute atomic E-state index is 5.18. The van der Waals surface area contributed by atoms with Crippen molar-refractivity contribution < 1.29 is 4.74 Å². The molecular formula is C16H21N3O. The second kappa shape index (κ2) is 6.09. The molecule has 0 aliphatic carbocycles. The fourth-order valence-electron chi connectivity index (χ4n) is 2.82. The quantitative estimate of drug-likeness (QED) is 0.836. The number of hydrogen-bond acceptors (Lipinski definition) is 3. The second-order valence-corrected chi connectivity index (χ2v) is 5.35. The van der Waals surface area contributed by atoms with Gasteiger partial charge in [-0.3, -0.25) is 0 Å². The van der Waals surface area contributed by atoms with Crippen LogP contribution in [0.3, 0.4) is 0 Å². The number of aromatic nitrogens is 2. The van der Waals surface area contributed by atoms with Gasteiger partial charge in [0, 0.05) is 38.1 Å². The van der Waals surface area contributed by atoms with Crippen LogP contribution in [0.4, 0.5) is 0 Å². The number of methoxy groups -OCH3 is 1. The number of benzene rings is 1. The average molecular weight is 271 g/mol. The van der Waals surface area contributed by atoms with Crippen molar-refractivity contribution in [1.82, 2.24) is 14.5 Å². The molecule has 1 atom stereocenters. The molecule has 20 heavy (non-hydrogen) atoms. The maximum Gasteiger partial charge on any atom is 0.118 e. The van der Waals surface area contributed by atoms with E-state index in [0.29, 0.717) is 6.04 Å². The summed E-state index contributed by atoms with van der Waals surface area (Å²) in [6.45, 7) is 3.43. The van der Waals surface area contributed by atoms with Crippen molar-refractivity contribution in [3.63, 3.8) is 0 Å². The predicted octanol–water partition coefficient (Wildman–Crippen LogP) is 2.38. The lowest BCUT2D eigenvalue weighted by Gasteiger charge is -2.16. The number of rotatable bonds is 5. The molecule has 1 aliphatic rings. The van der Waals surface area contributed by atoms with Gasteiger partial charge in [-0.25, -0.2) is 4.98 Å². The van der Waals surface area contributed by atoms with Gasteiger partial charge in [0.05, 0.1) is 13.4 Å². The lowest BCUT2D eigenvalue weighted by molar-refractivity contribution is 0.327. The van der Waals surface area contributed by atoms with Crippen LogP contribution >= 0.6 is 0 Å². The minimum Gasteiger partial charge on any atom is -0.497 e. The normalized spacial score (nSPS) is 19.4. The Morgan fingerprint density at radius 1 is 1.30 bits per heavy atom. The van der Waals surface area contributed by atoms with Gasteiger partial charge in [-0.05, 0) is 30.5 Å². The average Bonchev–Trinajstić information content (AvgIpc) is 3.16. The highest BCUT2D eigenvalue weighted by molar-refractivity contribution is 5.27. The summed E-state index contributed by atoms with van der Waals surface area (Å²) in [4.78, 5) is 6.67. The molecule has 2 aromatic rings. The number of likely N-dealkylation sites (tertiary alicyclic amines) is 1. The van der Waals surface area contributed by atoms with Crippen LogP contribution in [0, 0.1) is 0 Å². The Labute approximate surface area is 120 Å². The highest BCUT2D eigenvalue weighted by atomic mass is 16.5. The van der Waals surface area contributed by atoms with Crippen LogP contribution in [0.15, 0.2) is 43.0 Å². The zero-order valence-corrected chi connectivity index (χ0v) is 11.9. The molecule has 0 radical (unpaired) electrons. The molecule has 1 aromatic heterocycles. The molecule has 4 heteroatoms. The molecule has 2 heterocycles. The summed E-state index contributed by atoms with van der Waals surface area (Å²) in [6, 6.07) is 8.97. The zero-order valence-electron chi connectivity index (χ0n) is 11.9. The van der Waals surface area contributed by atoms with Crippen molar-refractivity contribution in [2.75, 3.05) is 26.7 Å². The summed E-state index contributed by atoms with van der Waals surface area (Å²) >= 11 is 0. The molecule has 1 fully saturated rings. The zero-order chi connectivity index (χ0) is 13.8. The second-order valence-electron chi connectivity index (χ2n) is 5.35. The molecule has 0 bridgehead atoms. The first-order valence-electron chi connectivity index (χ1n) is 7.18. The third-order valence-electron chi connectivity index (χ3n) is 4.07. The van der Waals surface area contributed by atoms with E-state index in [2.05, 4.69) is 32.8 Å². The summed E-state index contributed by atoms with van der Waals surface area (Å²) < 4.78 is 7.41. The highest BCUT2D eigenvalue weighted by Crippen LogP contribution is 2.21. The van der Waals surface area contributed by atoms with Crippen LogP contribution in [-0.2, 0) is 6.42 Å². The first-order valence-corrected chi connectivity index (χ1v) is 7.18. The molecule has 1 aliphatic heterocycles. The van der Waals surface area contributed by atoms with Gasteiger partial charge in [0.25, 0.3) is 0 Å². The third-order valence-corrected chi connectivity index (χ3v) is 4.07. The number of nitrogens with zero attached hydrogens (tertiary/aromatic N) is 3. The SMILES string of the molecule is COc1ccc(CCN2CCC(n3ccnc3)C2)cc1. The van der Waals surface area contributed by atoms with Gasteiger partial charge in [0.15, 0.2) is 0 Å². The van der Waals surface area contributed by atoms with E-state index >= 15 is 0 Å². The fraction of sp³-hybridized carbons (Fsp3) is 0.438. The number of hydrogen-bond donors (Lipinski definition) is 0. The Balaban J connectivity index is 1.49. The summed E-state index contributed by atoms with van der Waals surface area (Å²) in [5.41, 5.74) is 1.37. The van der Waals surface area contributed by atoms with Crippen LogP contribution in [0.2, 0.25) is 0 Å². The van der Waals surface area contributed by atoms with E-state index in [-0.39, 0.29) is 0 Å². The Morgan fingerprint density at radius 3 is 2.85 bits per heavy atom. The minimum absolute atomic E-state index is 0.591. The van der Waals surface area contributed by atoms with E-state index in [0.717, 1.165) is 25.3 Å². The summed E-state index contributed by atoms with van der Waals surface area (Å²) in [5.74, 6) is 0.926. The molecule has 1 aromatic carbocycles. The number of ether oxygens (including phenoxy) is 1. The van der Waals surface area contributed by atoms with Gasteiger partial charge in [0.2, 0.25) is 0 Å². The van der Waals surface area contributed by atoms with Crippen LogP contribution in [0.1, 0.15) is 18.0 Å². The van der Waals surface area contributed by atoms with Gasteiger partial charge in [0.1, 0.15) is 5.75 Å². The van der Waals surface area contributed by atoms with Gasteiger partial charge in [-0.15, -0.1) is 0 Å². The number of imidazole rings is 1. The fourth-order valence-corrected chi connectivity index (χ4v) is 2.82. The molecule has 1 unspecified atom stereocenters. The Hall–Kier alpha value is -1.81. The molecule has 0 N–H and O–H groups in total. The molecule has 106 valence electrons. The van der Waals surface area contributed by atoms with E-state index in [1.54, 1.807) is 7.11 Å². The van der Waals surface area contributed by atoms with Gasteiger partial charge in [-0.1, -0.05) is 12.1 Å². The first kappa shape index (κ1) is 13.2. The molecular weight excluding hydrogens is 250 g/mol. The minimum atomic E-state index is 0.591. The summed E-state index contributed by atoms with van der Waals surface area (Å²) in [5, 5.41) is 0. The maximum atomic E-state index is 5.18. The monoisotopic (exact) mass is 271 g/mol. The highest BCUT2D eigenvalue weighted by Gasteiger charge is 2.22. The lowest BCUT2D eigenvalue weighted by Crippen LogP contribution is -2.24. The van der Waals surface area contributed by atoms with Gasteiger partial charge in [-0.2, -0.15) is 0 Å². The van der Waals surface area contributed by atoms with Crippen LogP contribution in [0.5, 0.6) is 5.75 Å². The van der Waals surface area contributed by atoms with E-state index in [4.69, 9.17) is 4.74 Å². The van der Waals surface area contributed by atoms with E-state index in [1.165, 1.54) is 18.5 Å². The van der Waals surface area contributed by atoms with Crippen LogP contribution in [0.25, 0.3) is 0 Å². The summed E-state index contributed by atoms with van der Waals surface area (Å²) in [6.07, 6.45) is 8.18. The predicted molar refractivity (Wildman–Crippen MR) is 79.0 cm³/mol. The van der Waals surface area contributed by atoms with Crippen molar-refractivity contribution in [3.8, 4) is 5.75 Å². The molecule has 0 spiro atoms. The summed E-state index contributed by atoms with van der Waals surface area (Å²) in [7, 11) is 1.70. The van der Waals surface area contributed by atoms with E-state index < -0.39 is 0 Å². The third kappa shape index (κ3) is 3.02. The van der Waals surface area contributed by atoms with Crippen molar-refractivity contribution in [3.05, 3.63) is 48.5 Å². The molecule has 0 saturated carbocycles. The molecule has 4 nitrogen and oxygen atoms in total. The van der Waals surface area contributed by atoms with Crippen LogP contribution < -0.4 is 4.74 Å². The van der Waals surface area contributed by atoms with E-state index in [1.807, 2.05) is 24.7 Å². The van der Waals surface area contributed by atoms with Crippen molar-refractivity contribution >= 4 is 0 Å². The first-order chi connectivity index (χ1) is 9.85. The topological polar surface area (TPSA) is 30.3 Å². The Morgan fingerprint density at radius 2 is 2.15 bits per heavy atom. The van der Waals surface area contributed by atoms with Crippen molar-refractivity contribution in [1.29, 1.82) is 0 Å². The van der Waals surface area contributed by atoms with Gasteiger partial charge >= 0.3 is 0 Å². The lowest BCUT2D eigenvalue weighted by atomic mass is 10.1. The smallest absolute Gasteiger partial charge is 0.118 e. The van der Waals surface area contributed by atoms with Crippen molar-refractivity contribution in [2.24, 2.45) is 0 Å². The van der Waals surface area contributed by atoms with Gasteiger partial charge < -0.3 is 14.2 Å².